The first kappa shape index (κ1) is 8.48. The third-order valence-corrected chi connectivity index (χ3v) is 4.17. The van der Waals surface area contributed by atoms with Crippen molar-refractivity contribution in [2.45, 2.75) is 29.5 Å². The van der Waals surface area contributed by atoms with E-state index in [0.29, 0.717) is 0 Å². The van der Waals surface area contributed by atoms with E-state index in [4.69, 9.17) is 0 Å². The van der Waals surface area contributed by atoms with E-state index in [1.54, 1.807) is 1.39 Å². The average Bonchev–Trinajstić information content (AvgIpc) is 1.69. The molecule has 0 aliphatic carbocycles. The first-order valence-corrected chi connectivity index (χ1v) is 9.35. The van der Waals surface area contributed by atoms with E-state index in [-0.39, 0.29) is 41.0 Å². The minimum absolute atomic E-state index is 0.102. The van der Waals surface area contributed by atoms with Crippen LogP contribution in [-0.4, -0.2) is 41.0 Å². The Morgan fingerprint density at radius 2 is 2.00 bits per heavy atom. The summed E-state index contributed by atoms with van der Waals surface area (Å²) >= 11 is -0.102. The van der Waals surface area contributed by atoms with Crippen LogP contribution in [0.15, 0.2) is 0 Å². The summed E-state index contributed by atoms with van der Waals surface area (Å²) in [7, 11) is 0. The van der Waals surface area contributed by atoms with Crippen LogP contribution < -0.4 is 0 Å². The van der Waals surface area contributed by atoms with Gasteiger partial charge in [0.05, 0.1) is 0 Å². The van der Waals surface area contributed by atoms with Gasteiger partial charge in [-0.15, -0.1) is 0 Å². The summed E-state index contributed by atoms with van der Waals surface area (Å²) in [4.78, 5) is 0. The van der Waals surface area contributed by atoms with Crippen molar-refractivity contribution in [2.24, 2.45) is 0 Å². The molecule has 0 bridgehead atoms. The Morgan fingerprint density at radius 3 is 2.43 bits per heavy atom. The van der Waals surface area contributed by atoms with E-state index in [1.807, 2.05) is 0 Å². The van der Waals surface area contributed by atoms with Gasteiger partial charge in [-0.2, -0.15) is 0 Å². The molecule has 0 saturated carbocycles. The standard InChI is InChI=1S/C5H11.CH3.Sr/c1-3-5-4-2;;/h1,3-5H2,2H3;1H3;. The van der Waals surface area contributed by atoms with Crippen LogP contribution in [0.5, 0.6) is 0 Å². The van der Waals surface area contributed by atoms with Gasteiger partial charge in [-0.1, -0.05) is 0 Å². The van der Waals surface area contributed by atoms with Crippen LogP contribution >= 0.6 is 0 Å². The van der Waals surface area contributed by atoms with Gasteiger partial charge in [-0.05, 0) is 0 Å². The average molecular weight is 174 g/mol. The van der Waals surface area contributed by atoms with E-state index in [0.717, 1.165) is 0 Å². The summed E-state index contributed by atoms with van der Waals surface area (Å²) in [5.74, 6) is 0. The SMILES string of the molecule is CCCC[CH2][Sr][CH3]. The fraction of sp³-hybridized carbons (Fsp3) is 1.00. The second-order valence-corrected chi connectivity index (χ2v) is 6.26. The molecule has 0 aromatic rings. The molecule has 0 aromatic carbocycles. The Balaban J connectivity index is 2.45. The van der Waals surface area contributed by atoms with Gasteiger partial charge in [-0.25, -0.2) is 0 Å². The molecule has 0 radical (unpaired) electrons. The summed E-state index contributed by atoms with van der Waals surface area (Å²) in [6.07, 6.45) is 4.40. The first-order valence-electron chi connectivity index (χ1n) is 3.41. The predicted octanol–water partition coefficient (Wildman–Crippen LogP) is 2.35. The molecule has 0 unspecified atom stereocenters. The fourth-order valence-corrected chi connectivity index (χ4v) is 2.77. The van der Waals surface area contributed by atoms with E-state index < -0.39 is 0 Å². The molecule has 40 valence electrons. The molecule has 0 amide bonds. The Labute approximate surface area is 69.4 Å². The van der Waals surface area contributed by atoms with Gasteiger partial charge >= 0.3 is 70.5 Å². The van der Waals surface area contributed by atoms with Crippen molar-refractivity contribution in [3.63, 3.8) is 0 Å². The van der Waals surface area contributed by atoms with E-state index in [1.165, 1.54) is 19.3 Å². The third kappa shape index (κ3) is 7.48. The van der Waals surface area contributed by atoms with Crippen molar-refractivity contribution >= 4 is 41.0 Å². The zero-order valence-corrected chi connectivity index (χ0v) is 9.01. The Bertz CT molecular complexity index is 23.4. The topological polar surface area (TPSA) is 0 Å². The van der Waals surface area contributed by atoms with E-state index in [2.05, 4.69) is 8.82 Å². The normalized spacial score (nSPS) is 8.29. The zero-order chi connectivity index (χ0) is 5.54. The van der Waals surface area contributed by atoms with Gasteiger partial charge in [0.25, 0.3) is 0 Å². The molecule has 0 aliphatic rings. The third-order valence-electron chi connectivity index (χ3n) is 1.21. The fourth-order valence-electron chi connectivity index (χ4n) is 0.677. The van der Waals surface area contributed by atoms with Crippen LogP contribution in [0.4, 0.5) is 0 Å². The summed E-state index contributed by atoms with van der Waals surface area (Å²) in [5, 5.41) is 0. The maximum atomic E-state index is 2.46. The van der Waals surface area contributed by atoms with Crippen LogP contribution in [-0.2, 0) is 0 Å². The molecule has 0 N–H and O–H groups in total. The van der Waals surface area contributed by atoms with Gasteiger partial charge in [0.15, 0.2) is 0 Å². The molecule has 0 nitrogen and oxygen atoms in total. The molecule has 0 spiro atoms. The van der Waals surface area contributed by atoms with Crippen molar-refractivity contribution in [2.75, 3.05) is 0 Å². The van der Waals surface area contributed by atoms with Crippen LogP contribution in [0.2, 0.25) is 3.29 Å². The van der Waals surface area contributed by atoms with Gasteiger partial charge in [0, 0.05) is 0 Å². The monoisotopic (exact) mass is 174 g/mol. The second-order valence-electron chi connectivity index (χ2n) is 2.06. The van der Waals surface area contributed by atoms with Crippen molar-refractivity contribution in [1.29, 1.82) is 0 Å². The number of rotatable bonds is 4. The summed E-state index contributed by atoms with van der Waals surface area (Å²) in [6, 6.07) is 0. The number of hydrogen-bond acceptors (Lipinski definition) is 0. The molecule has 0 aromatic heterocycles. The van der Waals surface area contributed by atoms with Crippen molar-refractivity contribution in [1.82, 2.24) is 0 Å². The summed E-state index contributed by atoms with van der Waals surface area (Å²) < 4.78 is 4.09. The molecular formula is C6H14Sr. The molecule has 0 fully saturated rings. The number of unbranched alkanes of at least 4 members (excludes halogenated alkanes) is 2. The van der Waals surface area contributed by atoms with Gasteiger partial charge in [0.2, 0.25) is 0 Å². The maximum absolute atomic E-state index is 2.46. The van der Waals surface area contributed by atoms with Crippen molar-refractivity contribution < 1.29 is 0 Å². The number of hydrogen-bond donors (Lipinski definition) is 0. The van der Waals surface area contributed by atoms with Crippen LogP contribution in [0.3, 0.4) is 0 Å². The summed E-state index contributed by atoms with van der Waals surface area (Å²) in [6.45, 7) is 2.27. The van der Waals surface area contributed by atoms with Crippen LogP contribution in [0.1, 0.15) is 26.2 Å². The molecular weight excluding hydrogens is 160 g/mol. The Hall–Kier alpha value is 1.48. The molecule has 7 heavy (non-hydrogen) atoms. The van der Waals surface area contributed by atoms with Crippen molar-refractivity contribution in [3.8, 4) is 0 Å². The Kier molecular flexibility index (Phi) is 9.06. The second kappa shape index (κ2) is 7.48. The van der Waals surface area contributed by atoms with Gasteiger partial charge in [0.1, 0.15) is 0 Å². The molecule has 0 rings (SSSR count). The van der Waals surface area contributed by atoms with E-state index >= 15 is 0 Å². The molecule has 0 aliphatic heterocycles. The first-order chi connectivity index (χ1) is 3.41. The van der Waals surface area contributed by atoms with Crippen LogP contribution in [0.25, 0.3) is 0 Å². The molecule has 1 heteroatoms. The van der Waals surface area contributed by atoms with Crippen LogP contribution in [0, 0.1) is 0 Å². The molecule has 0 heterocycles. The van der Waals surface area contributed by atoms with E-state index in [9.17, 15) is 0 Å². The van der Waals surface area contributed by atoms with Gasteiger partial charge in [-0.3, -0.25) is 0 Å². The zero-order valence-electron chi connectivity index (χ0n) is 5.54. The van der Waals surface area contributed by atoms with Gasteiger partial charge < -0.3 is 0 Å². The minimum atomic E-state index is -0.102. The quantitative estimate of drug-likeness (QED) is 0.453. The summed E-state index contributed by atoms with van der Waals surface area (Å²) in [5.41, 5.74) is 0. The Morgan fingerprint density at radius 1 is 1.29 bits per heavy atom. The van der Waals surface area contributed by atoms with Crippen molar-refractivity contribution in [3.05, 3.63) is 0 Å². The predicted molar refractivity (Wildman–Crippen MR) is 35.9 cm³/mol. The molecule has 0 atom stereocenters. The molecule has 0 saturated heterocycles.